The lowest BCUT2D eigenvalue weighted by Gasteiger charge is -1.97. The molecule has 2 aromatic rings. The number of benzene rings is 1. The molecule has 0 N–H and O–H groups in total. The zero-order valence-corrected chi connectivity index (χ0v) is 7.15. The van der Waals surface area contributed by atoms with Crippen LogP contribution in [0.5, 0.6) is 5.75 Å². The molecule has 0 unspecified atom stereocenters. The number of hydrogen-bond donors (Lipinski definition) is 0. The molecule has 0 fully saturated rings. The van der Waals surface area contributed by atoms with Crippen molar-refractivity contribution in [2.45, 2.75) is 0 Å². The van der Waals surface area contributed by atoms with Gasteiger partial charge in [0.15, 0.2) is 11.9 Å². The molecule has 0 aliphatic heterocycles. The minimum atomic E-state index is 0.534. The first kappa shape index (κ1) is 7.86. The lowest BCUT2D eigenvalue weighted by molar-refractivity contribution is 0.400. The van der Waals surface area contributed by atoms with Crippen LogP contribution < -0.4 is 4.74 Å². The van der Waals surface area contributed by atoms with Crippen molar-refractivity contribution in [3.05, 3.63) is 36.5 Å². The summed E-state index contributed by atoms with van der Waals surface area (Å²) >= 11 is 0. The topological polar surface area (TPSA) is 35.3 Å². The fourth-order valence-corrected chi connectivity index (χ4v) is 1.11. The minimum absolute atomic E-state index is 0.534. The number of methoxy groups -OCH3 is 1. The number of rotatable bonds is 2. The van der Waals surface area contributed by atoms with Crippen molar-refractivity contribution < 1.29 is 9.26 Å². The molecule has 13 heavy (non-hydrogen) atoms. The Morgan fingerprint density at radius 3 is 2.77 bits per heavy atom. The molecular formula is C10H8NO2. The van der Waals surface area contributed by atoms with E-state index in [1.54, 1.807) is 7.11 Å². The number of aromatic nitrogens is 1. The highest BCUT2D eigenvalue weighted by Gasteiger charge is 2.10. The van der Waals surface area contributed by atoms with Crippen molar-refractivity contribution in [3.8, 4) is 17.1 Å². The maximum atomic E-state index is 5.03. The van der Waals surface area contributed by atoms with Crippen LogP contribution in [0.3, 0.4) is 0 Å². The molecule has 2 rings (SSSR count). The average Bonchev–Trinajstić information content (AvgIpc) is 2.67. The van der Waals surface area contributed by atoms with Crippen LogP contribution in [0.15, 0.2) is 34.9 Å². The Morgan fingerprint density at radius 2 is 2.08 bits per heavy atom. The van der Waals surface area contributed by atoms with Crippen molar-refractivity contribution in [3.63, 3.8) is 0 Å². The van der Waals surface area contributed by atoms with Gasteiger partial charge in [-0.15, -0.1) is 0 Å². The quantitative estimate of drug-likeness (QED) is 0.699. The number of ether oxygens (including phenoxy) is 1. The predicted molar refractivity (Wildman–Crippen MR) is 47.3 cm³/mol. The summed E-state index contributed by atoms with van der Waals surface area (Å²) in [6, 6.07) is 9.65. The van der Waals surface area contributed by atoms with Crippen molar-refractivity contribution in [2.75, 3.05) is 7.11 Å². The van der Waals surface area contributed by atoms with E-state index in [4.69, 9.17) is 9.26 Å². The zero-order chi connectivity index (χ0) is 9.10. The van der Waals surface area contributed by atoms with Gasteiger partial charge < -0.3 is 9.26 Å². The van der Waals surface area contributed by atoms with Gasteiger partial charge in [0.1, 0.15) is 0 Å². The van der Waals surface area contributed by atoms with Gasteiger partial charge in [-0.3, -0.25) is 0 Å². The molecule has 65 valence electrons. The summed E-state index contributed by atoms with van der Waals surface area (Å²) in [5.41, 5.74) is 0.938. The molecule has 0 bridgehead atoms. The van der Waals surface area contributed by atoms with E-state index in [2.05, 4.69) is 11.4 Å². The smallest absolute Gasteiger partial charge is 0.209 e. The Bertz CT molecular complexity index is 381. The fraction of sp³-hybridized carbons (Fsp3) is 0.100. The van der Waals surface area contributed by atoms with Gasteiger partial charge in [-0.1, -0.05) is 35.5 Å². The van der Waals surface area contributed by atoms with Crippen LogP contribution in [0.1, 0.15) is 0 Å². The summed E-state index contributed by atoms with van der Waals surface area (Å²) in [5, 5.41) is 3.54. The Hall–Kier alpha value is -1.77. The Balaban J connectivity index is 2.47. The predicted octanol–water partition coefficient (Wildman–Crippen LogP) is 2.15. The van der Waals surface area contributed by atoms with E-state index in [9.17, 15) is 0 Å². The molecule has 1 aromatic carbocycles. The van der Waals surface area contributed by atoms with E-state index in [0.717, 1.165) is 5.56 Å². The first-order valence-corrected chi connectivity index (χ1v) is 3.88. The van der Waals surface area contributed by atoms with Gasteiger partial charge in [0.05, 0.1) is 7.11 Å². The molecule has 0 atom stereocenters. The molecule has 1 radical (unpaired) electrons. The van der Waals surface area contributed by atoms with Gasteiger partial charge in [0.25, 0.3) is 0 Å². The molecule has 1 heterocycles. The maximum absolute atomic E-state index is 5.03. The van der Waals surface area contributed by atoms with Crippen LogP contribution in [0.4, 0.5) is 0 Å². The largest absolute Gasteiger partial charge is 0.491 e. The van der Waals surface area contributed by atoms with E-state index in [1.165, 1.54) is 0 Å². The molecule has 0 amide bonds. The van der Waals surface area contributed by atoms with E-state index in [1.807, 2.05) is 30.3 Å². The normalized spacial score (nSPS) is 9.92. The van der Waals surface area contributed by atoms with E-state index >= 15 is 0 Å². The summed E-state index contributed by atoms with van der Waals surface area (Å²) in [6.07, 6.45) is 2.62. The Kier molecular flexibility index (Phi) is 2.00. The number of hydrogen-bond acceptors (Lipinski definition) is 3. The molecular weight excluding hydrogens is 166 g/mol. The summed E-state index contributed by atoms with van der Waals surface area (Å²) in [7, 11) is 1.56. The Labute approximate surface area is 75.9 Å². The zero-order valence-electron chi connectivity index (χ0n) is 7.15. The first-order valence-electron chi connectivity index (χ1n) is 3.88. The second-order valence-electron chi connectivity index (χ2n) is 2.52. The molecule has 0 saturated carbocycles. The van der Waals surface area contributed by atoms with Crippen molar-refractivity contribution in [1.29, 1.82) is 0 Å². The molecule has 0 aliphatic rings. The van der Waals surface area contributed by atoms with Crippen molar-refractivity contribution in [2.24, 2.45) is 0 Å². The van der Waals surface area contributed by atoms with E-state index in [0.29, 0.717) is 11.5 Å². The lowest BCUT2D eigenvalue weighted by Crippen LogP contribution is -1.82. The third kappa shape index (κ3) is 1.40. The molecule has 0 spiro atoms. The number of nitrogens with zero attached hydrogens (tertiary/aromatic N) is 1. The second kappa shape index (κ2) is 3.31. The Morgan fingerprint density at radius 1 is 1.31 bits per heavy atom. The summed E-state index contributed by atoms with van der Waals surface area (Å²) in [6.45, 7) is 0. The highest BCUT2D eigenvalue weighted by Crippen LogP contribution is 2.28. The molecule has 0 saturated heterocycles. The van der Waals surface area contributed by atoms with Crippen LogP contribution >= 0.6 is 0 Å². The van der Waals surface area contributed by atoms with Gasteiger partial charge in [-0.05, 0) is 0 Å². The highest BCUT2D eigenvalue weighted by molar-refractivity contribution is 5.62. The van der Waals surface area contributed by atoms with Gasteiger partial charge in [0.2, 0.25) is 5.76 Å². The fourth-order valence-electron chi connectivity index (χ4n) is 1.11. The van der Waals surface area contributed by atoms with Crippen molar-refractivity contribution >= 4 is 0 Å². The van der Waals surface area contributed by atoms with Gasteiger partial charge in [0, 0.05) is 5.56 Å². The van der Waals surface area contributed by atoms with Gasteiger partial charge in [-0.25, -0.2) is 0 Å². The van der Waals surface area contributed by atoms with E-state index in [-0.39, 0.29) is 0 Å². The third-order valence-electron chi connectivity index (χ3n) is 1.73. The van der Waals surface area contributed by atoms with Crippen LogP contribution in [0.25, 0.3) is 11.3 Å². The summed E-state index contributed by atoms with van der Waals surface area (Å²) in [4.78, 5) is 0. The SMILES string of the molecule is COc1[c]noc1-c1ccccc1. The van der Waals surface area contributed by atoms with Crippen LogP contribution in [-0.2, 0) is 0 Å². The van der Waals surface area contributed by atoms with Crippen LogP contribution in [0, 0.1) is 6.20 Å². The molecule has 3 nitrogen and oxygen atoms in total. The molecule has 3 heteroatoms. The summed E-state index contributed by atoms with van der Waals surface area (Å²) in [5.74, 6) is 1.15. The molecule has 1 aromatic heterocycles. The van der Waals surface area contributed by atoms with E-state index < -0.39 is 0 Å². The monoisotopic (exact) mass is 174 g/mol. The molecule has 0 aliphatic carbocycles. The lowest BCUT2D eigenvalue weighted by atomic mass is 10.2. The van der Waals surface area contributed by atoms with Gasteiger partial charge >= 0.3 is 0 Å². The first-order chi connectivity index (χ1) is 6.42. The second-order valence-corrected chi connectivity index (χ2v) is 2.52. The minimum Gasteiger partial charge on any atom is -0.491 e. The van der Waals surface area contributed by atoms with Gasteiger partial charge in [-0.2, -0.15) is 0 Å². The highest BCUT2D eigenvalue weighted by atomic mass is 16.5. The standard InChI is InChI=1S/C10H8NO2/c1-12-9-7-11-13-10(9)8-5-3-2-4-6-8/h2-6H,1H3. The van der Waals surface area contributed by atoms with Crippen LogP contribution in [0.2, 0.25) is 0 Å². The van der Waals surface area contributed by atoms with Crippen molar-refractivity contribution in [1.82, 2.24) is 5.16 Å². The third-order valence-corrected chi connectivity index (χ3v) is 1.73. The maximum Gasteiger partial charge on any atom is 0.209 e. The average molecular weight is 174 g/mol. The van der Waals surface area contributed by atoms with Crippen LogP contribution in [-0.4, -0.2) is 12.3 Å². The summed E-state index contributed by atoms with van der Waals surface area (Å²) < 4.78 is 10.0.